The van der Waals surface area contributed by atoms with Crippen LogP contribution in [0.1, 0.15) is 0 Å². The Kier molecular flexibility index (Phi) is 3.97. The number of anilines is 1. The summed E-state index contributed by atoms with van der Waals surface area (Å²) in [6.07, 6.45) is 0. The molecule has 2 N–H and O–H groups in total. The Bertz CT molecular complexity index is 802. The first kappa shape index (κ1) is 14.5. The normalized spacial score (nSPS) is 10.8. The molecule has 21 heavy (non-hydrogen) atoms. The lowest BCUT2D eigenvalue weighted by Gasteiger charge is -2.09. The van der Waals surface area contributed by atoms with E-state index in [0.29, 0.717) is 22.1 Å². The molecule has 0 atom stereocenters. The molecule has 2 aromatic carbocycles. The van der Waals surface area contributed by atoms with Crippen LogP contribution in [0.4, 0.5) is 5.69 Å². The van der Waals surface area contributed by atoms with Crippen molar-refractivity contribution < 1.29 is 0 Å². The highest BCUT2D eigenvalue weighted by atomic mass is 79.9. The van der Waals surface area contributed by atoms with Gasteiger partial charge in [0, 0.05) is 14.5 Å². The highest BCUT2D eigenvalue weighted by molar-refractivity contribution is 9.11. The van der Waals surface area contributed by atoms with Crippen LogP contribution in [0.2, 0.25) is 5.02 Å². The van der Waals surface area contributed by atoms with E-state index >= 15 is 0 Å². The van der Waals surface area contributed by atoms with E-state index in [1.165, 1.54) is 0 Å². The average Bonchev–Trinajstić information content (AvgIpc) is 2.93. The van der Waals surface area contributed by atoms with Gasteiger partial charge in [0.1, 0.15) is 0 Å². The molecule has 0 radical (unpaired) electrons. The van der Waals surface area contributed by atoms with Gasteiger partial charge >= 0.3 is 0 Å². The number of benzene rings is 2. The molecular formula is C13H8Br2ClN5. The summed E-state index contributed by atoms with van der Waals surface area (Å²) < 4.78 is 3.39. The third-order valence-corrected chi connectivity index (χ3v) is 4.39. The Hall–Kier alpha value is -1.44. The predicted octanol–water partition coefficient (Wildman–Crippen LogP) is 4.09. The van der Waals surface area contributed by atoms with Gasteiger partial charge in [0.2, 0.25) is 0 Å². The van der Waals surface area contributed by atoms with Gasteiger partial charge in [-0.15, -0.1) is 5.10 Å². The van der Waals surface area contributed by atoms with Crippen LogP contribution in [0.25, 0.3) is 17.1 Å². The number of nitrogens with two attached hydrogens (primary N) is 1. The van der Waals surface area contributed by atoms with Gasteiger partial charge in [-0.05, 0) is 56.7 Å². The minimum Gasteiger partial charge on any atom is -0.397 e. The zero-order valence-electron chi connectivity index (χ0n) is 10.5. The summed E-state index contributed by atoms with van der Waals surface area (Å²) in [5.41, 5.74) is 7.95. The summed E-state index contributed by atoms with van der Waals surface area (Å²) in [4.78, 5) is 0. The molecule has 0 aliphatic rings. The van der Waals surface area contributed by atoms with Gasteiger partial charge in [0.15, 0.2) is 5.82 Å². The van der Waals surface area contributed by atoms with Crippen molar-refractivity contribution in [2.45, 2.75) is 0 Å². The summed E-state index contributed by atoms with van der Waals surface area (Å²) in [6, 6.07) is 11.1. The number of tetrazole rings is 1. The van der Waals surface area contributed by atoms with E-state index in [4.69, 9.17) is 17.3 Å². The quantitative estimate of drug-likeness (QED) is 0.623. The topological polar surface area (TPSA) is 69.6 Å². The maximum atomic E-state index is 6.07. The lowest BCUT2D eigenvalue weighted by atomic mass is 10.1. The molecule has 0 fully saturated rings. The van der Waals surface area contributed by atoms with Crippen molar-refractivity contribution in [3.05, 3.63) is 50.4 Å². The van der Waals surface area contributed by atoms with Crippen molar-refractivity contribution in [1.82, 2.24) is 20.2 Å². The molecule has 0 unspecified atom stereocenters. The van der Waals surface area contributed by atoms with Gasteiger partial charge in [-0.1, -0.05) is 33.6 Å². The number of hydrogen-bond acceptors (Lipinski definition) is 4. The molecular weight excluding hydrogens is 421 g/mol. The summed E-state index contributed by atoms with van der Waals surface area (Å²) in [6.45, 7) is 0. The molecule has 0 spiro atoms. The van der Waals surface area contributed by atoms with Crippen molar-refractivity contribution in [3.63, 3.8) is 0 Å². The van der Waals surface area contributed by atoms with Gasteiger partial charge in [0.25, 0.3) is 0 Å². The fourth-order valence-electron chi connectivity index (χ4n) is 1.90. The van der Waals surface area contributed by atoms with Crippen LogP contribution in [0.5, 0.6) is 0 Å². The molecule has 5 nitrogen and oxygen atoms in total. The number of halogens is 3. The number of nitrogens with zero attached hydrogens (tertiary/aromatic N) is 4. The third-order valence-electron chi connectivity index (χ3n) is 2.90. The van der Waals surface area contributed by atoms with Gasteiger partial charge in [0.05, 0.1) is 16.4 Å². The Morgan fingerprint density at radius 3 is 2.76 bits per heavy atom. The van der Waals surface area contributed by atoms with Crippen LogP contribution in [-0.2, 0) is 0 Å². The standard InChI is InChI=1S/C13H8Br2ClN5/c14-7-4-5-9(15)11(6-7)21-13(18-19-20-21)8-2-1-3-10(16)12(8)17/h1-6H,17H2. The number of aromatic nitrogens is 4. The van der Waals surface area contributed by atoms with Gasteiger partial charge in [-0.2, -0.15) is 4.68 Å². The second kappa shape index (κ2) is 5.75. The smallest absolute Gasteiger partial charge is 0.189 e. The monoisotopic (exact) mass is 427 g/mol. The third kappa shape index (κ3) is 2.68. The van der Waals surface area contributed by atoms with Gasteiger partial charge < -0.3 is 5.73 Å². The zero-order chi connectivity index (χ0) is 15.0. The number of nitrogen functional groups attached to an aromatic ring is 1. The lowest BCUT2D eigenvalue weighted by Crippen LogP contribution is -2.03. The molecule has 8 heteroatoms. The Morgan fingerprint density at radius 1 is 1.14 bits per heavy atom. The Balaban J connectivity index is 2.22. The molecule has 0 saturated carbocycles. The minimum atomic E-state index is 0.446. The van der Waals surface area contributed by atoms with Crippen LogP contribution in [0.3, 0.4) is 0 Å². The van der Waals surface area contributed by atoms with Crippen molar-refractivity contribution in [2.24, 2.45) is 0 Å². The Morgan fingerprint density at radius 2 is 1.95 bits per heavy atom. The van der Waals surface area contributed by atoms with Crippen molar-refractivity contribution in [2.75, 3.05) is 5.73 Å². The van der Waals surface area contributed by atoms with E-state index in [2.05, 4.69) is 47.4 Å². The highest BCUT2D eigenvalue weighted by Gasteiger charge is 2.16. The van der Waals surface area contributed by atoms with Crippen molar-refractivity contribution in [1.29, 1.82) is 0 Å². The summed E-state index contributed by atoms with van der Waals surface area (Å²) in [5, 5.41) is 12.3. The van der Waals surface area contributed by atoms with Crippen LogP contribution < -0.4 is 5.73 Å². The molecule has 0 bridgehead atoms. The largest absolute Gasteiger partial charge is 0.397 e. The first-order valence-corrected chi connectivity index (χ1v) is 7.82. The highest BCUT2D eigenvalue weighted by Crippen LogP contribution is 2.32. The fourth-order valence-corrected chi connectivity index (χ4v) is 2.84. The first-order valence-electron chi connectivity index (χ1n) is 5.86. The summed E-state index contributed by atoms with van der Waals surface area (Å²) in [5.74, 6) is 0.522. The molecule has 3 rings (SSSR count). The SMILES string of the molecule is Nc1c(Cl)cccc1-c1nnnn1-c1cc(Br)ccc1Br. The van der Waals surface area contributed by atoms with Gasteiger partial charge in [-0.25, -0.2) is 0 Å². The first-order chi connectivity index (χ1) is 10.1. The second-order valence-electron chi connectivity index (χ2n) is 4.21. The maximum absolute atomic E-state index is 6.07. The van der Waals surface area contributed by atoms with Crippen LogP contribution in [0, 0.1) is 0 Å². The van der Waals surface area contributed by atoms with E-state index < -0.39 is 0 Å². The fraction of sp³-hybridized carbons (Fsp3) is 0. The zero-order valence-corrected chi connectivity index (χ0v) is 14.4. The number of hydrogen-bond donors (Lipinski definition) is 1. The van der Waals surface area contributed by atoms with E-state index in [0.717, 1.165) is 14.6 Å². The summed E-state index contributed by atoms with van der Waals surface area (Å²) >= 11 is 13.0. The maximum Gasteiger partial charge on any atom is 0.189 e. The molecule has 1 heterocycles. The van der Waals surface area contributed by atoms with E-state index in [9.17, 15) is 0 Å². The predicted molar refractivity (Wildman–Crippen MR) is 89.4 cm³/mol. The van der Waals surface area contributed by atoms with Crippen molar-refractivity contribution in [3.8, 4) is 17.1 Å². The summed E-state index contributed by atoms with van der Waals surface area (Å²) in [7, 11) is 0. The van der Waals surface area contributed by atoms with E-state index in [1.807, 2.05) is 30.3 Å². The Labute approximate surface area is 142 Å². The van der Waals surface area contributed by atoms with Crippen LogP contribution in [0.15, 0.2) is 45.3 Å². The van der Waals surface area contributed by atoms with Gasteiger partial charge in [-0.3, -0.25) is 0 Å². The second-order valence-corrected chi connectivity index (χ2v) is 6.39. The average molecular weight is 430 g/mol. The molecule has 0 saturated heterocycles. The minimum absolute atomic E-state index is 0.446. The number of para-hydroxylation sites is 1. The van der Waals surface area contributed by atoms with Crippen LogP contribution in [-0.4, -0.2) is 20.2 Å². The molecule has 106 valence electrons. The van der Waals surface area contributed by atoms with E-state index in [1.54, 1.807) is 10.7 Å². The van der Waals surface area contributed by atoms with Crippen LogP contribution >= 0.6 is 43.5 Å². The van der Waals surface area contributed by atoms with E-state index in [-0.39, 0.29) is 0 Å². The molecule has 0 aliphatic heterocycles. The van der Waals surface area contributed by atoms with Crippen molar-refractivity contribution >= 4 is 49.1 Å². The number of rotatable bonds is 2. The molecule has 0 amide bonds. The molecule has 0 aliphatic carbocycles. The lowest BCUT2D eigenvalue weighted by molar-refractivity contribution is 0.788. The molecule has 1 aromatic heterocycles. The molecule has 3 aromatic rings.